The summed E-state index contributed by atoms with van der Waals surface area (Å²) >= 11 is 5.86. The van der Waals surface area contributed by atoms with Crippen LogP contribution >= 0.6 is 11.6 Å². The third-order valence-corrected chi connectivity index (χ3v) is 3.35. The van der Waals surface area contributed by atoms with E-state index in [1.807, 2.05) is 0 Å². The molecule has 0 radical (unpaired) electrons. The van der Waals surface area contributed by atoms with Crippen molar-refractivity contribution in [2.75, 3.05) is 13.7 Å². The van der Waals surface area contributed by atoms with E-state index >= 15 is 0 Å². The molecule has 1 amide bonds. The van der Waals surface area contributed by atoms with Gasteiger partial charge in [0.15, 0.2) is 11.7 Å². The maximum Gasteiger partial charge on any atom is 0.336 e. The van der Waals surface area contributed by atoms with Crippen LogP contribution in [0.2, 0.25) is 5.02 Å². The van der Waals surface area contributed by atoms with Crippen LogP contribution in [0, 0.1) is 0 Å². The van der Waals surface area contributed by atoms with Gasteiger partial charge in [-0.1, -0.05) is 30.7 Å². The van der Waals surface area contributed by atoms with Crippen molar-refractivity contribution in [3.63, 3.8) is 0 Å². The Bertz CT molecular complexity index is 522. The van der Waals surface area contributed by atoms with Crippen LogP contribution in [0.15, 0.2) is 24.3 Å². The zero-order valence-electron chi connectivity index (χ0n) is 11.8. The molecule has 0 spiro atoms. The largest absolute Gasteiger partial charge is 0.467 e. The maximum atomic E-state index is 12.2. The molecule has 1 aromatic rings. The number of carbonyl (C=O) groups excluding carboxylic acids is 2. The Morgan fingerprint density at radius 3 is 2.67 bits per heavy atom. The van der Waals surface area contributed by atoms with E-state index in [0.717, 1.165) is 7.11 Å². The Morgan fingerprint density at radius 2 is 2.14 bits per heavy atom. The molecule has 2 unspecified atom stereocenters. The molecule has 1 rings (SSSR count). The average Bonchev–Trinajstić information content (AvgIpc) is 2.50. The Labute approximate surface area is 127 Å². The number of carbonyl (C=O) groups is 2. The fraction of sp³-hybridized carbons (Fsp3) is 0.429. The van der Waals surface area contributed by atoms with Crippen LogP contribution in [-0.4, -0.2) is 41.8 Å². The summed E-state index contributed by atoms with van der Waals surface area (Å²) in [6.45, 7) is 1.28. The molecule has 7 heteroatoms. The van der Waals surface area contributed by atoms with Gasteiger partial charge in [0.2, 0.25) is 0 Å². The van der Waals surface area contributed by atoms with Gasteiger partial charge in [0, 0.05) is 5.02 Å². The SMILES string of the molecule is CCC(O)(C(=O)NCC(O)C(=O)OC)c1cccc(Cl)c1. The number of nitrogens with one attached hydrogen (secondary N) is 1. The second-order valence-electron chi connectivity index (χ2n) is 4.47. The van der Waals surface area contributed by atoms with Crippen molar-refractivity contribution in [1.82, 2.24) is 5.32 Å². The van der Waals surface area contributed by atoms with Crippen molar-refractivity contribution in [1.29, 1.82) is 0 Å². The normalized spacial score (nSPS) is 14.9. The van der Waals surface area contributed by atoms with Crippen LogP contribution in [0.25, 0.3) is 0 Å². The van der Waals surface area contributed by atoms with Crippen LogP contribution in [0.4, 0.5) is 0 Å². The second-order valence-corrected chi connectivity index (χ2v) is 4.91. The molecule has 0 bridgehead atoms. The molecule has 116 valence electrons. The molecule has 0 saturated carbocycles. The number of methoxy groups -OCH3 is 1. The number of hydrogen-bond acceptors (Lipinski definition) is 5. The fourth-order valence-electron chi connectivity index (χ4n) is 1.80. The summed E-state index contributed by atoms with van der Waals surface area (Å²) in [5.74, 6) is -1.59. The van der Waals surface area contributed by atoms with Crippen molar-refractivity contribution in [3.05, 3.63) is 34.9 Å². The number of amides is 1. The average molecular weight is 316 g/mol. The molecular weight excluding hydrogens is 298 g/mol. The van der Waals surface area contributed by atoms with Crippen LogP contribution < -0.4 is 5.32 Å². The standard InChI is InChI=1S/C14H18ClNO5/c1-3-14(20,9-5-4-6-10(15)7-9)13(19)16-8-11(17)12(18)21-2/h4-7,11,17,20H,3,8H2,1-2H3,(H,16,19). The molecule has 21 heavy (non-hydrogen) atoms. The zero-order chi connectivity index (χ0) is 16.0. The van der Waals surface area contributed by atoms with Gasteiger partial charge in [0.1, 0.15) is 0 Å². The molecule has 3 N–H and O–H groups in total. The van der Waals surface area contributed by atoms with E-state index in [1.54, 1.807) is 25.1 Å². The van der Waals surface area contributed by atoms with E-state index in [9.17, 15) is 19.8 Å². The summed E-state index contributed by atoms with van der Waals surface area (Å²) in [7, 11) is 1.13. The predicted molar refractivity (Wildman–Crippen MR) is 76.7 cm³/mol. The topological polar surface area (TPSA) is 95.9 Å². The lowest BCUT2D eigenvalue weighted by atomic mass is 9.90. The van der Waals surface area contributed by atoms with E-state index in [1.165, 1.54) is 6.07 Å². The first-order chi connectivity index (χ1) is 9.85. The number of hydrogen-bond donors (Lipinski definition) is 3. The molecule has 0 aliphatic heterocycles. The molecule has 2 atom stereocenters. The first kappa shape index (κ1) is 17.4. The van der Waals surface area contributed by atoms with E-state index in [-0.39, 0.29) is 13.0 Å². The highest BCUT2D eigenvalue weighted by molar-refractivity contribution is 6.30. The second kappa shape index (κ2) is 7.40. The Kier molecular flexibility index (Phi) is 6.14. The van der Waals surface area contributed by atoms with Crippen molar-refractivity contribution in [2.24, 2.45) is 0 Å². The third-order valence-electron chi connectivity index (χ3n) is 3.12. The fourth-order valence-corrected chi connectivity index (χ4v) is 1.99. The number of esters is 1. The smallest absolute Gasteiger partial charge is 0.336 e. The quantitative estimate of drug-likeness (QED) is 0.668. The van der Waals surface area contributed by atoms with Crippen LogP contribution in [0.1, 0.15) is 18.9 Å². The first-order valence-corrected chi connectivity index (χ1v) is 6.75. The van der Waals surface area contributed by atoms with Gasteiger partial charge >= 0.3 is 5.97 Å². The van der Waals surface area contributed by atoms with Crippen molar-refractivity contribution in [3.8, 4) is 0 Å². The lowest BCUT2D eigenvalue weighted by Crippen LogP contribution is -2.47. The number of rotatable bonds is 6. The summed E-state index contributed by atoms with van der Waals surface area (Å²) in [6, 6.07) is 6.31. The number of ether oxygens (including phenoxy) is 1. The highest BCUT2D eigenvalue weighted by atomic mass is 35.5. The van der Waals surface area contributed by atoms with Crippen LogP contribution in [0.3, 0.4) is 0 Å². The van der Waals surface area contributed by atoms with Gasteiger partial charge in [0.05, 0.1) is 13.7 Å². The molecular formula is C14H18ClNO5. The van der Waals surface area contributed by atoms with Crippen LogP contribution in [-0.2, 0) is 19.9 Å². The van der Waals surface area contributed by atoms with Gasteiger partial charge in [-0.25, -0.2) is 4.79 Å². The summed E-state index contributed by atoms with van der Waals surface area (Å²) in [5.41, 5.74) is -1.46. The molecule has 0 heterocycles. The summed E-state index contributed by atoms with van der Waals surface area (Å²) in [4.78, 5) is 23.2. The van der Waals surface area contributed by atoms with E-state index in [4.69, 9.17) is 11.6 Å². The van der Waals surface area contributed by atoms with Gasteiger partial charge in [-0.05, 0) is 24.1 Å². The molecule has 0 fully saturated rings. The molecule has 1 aromatic carbocycles. The van der Waals surface area contributed by atoms with Gasteiger partial charge < -0.3 is 20.3 Å². The molecule has 0 aliphatic rings. The van der Waals surface area contributed by atoms with Gasteiger partial charge in [-0.2, -0.15) is 0 Å². The monoisotopic (exact) mass is 315 g/mol. The van der Waals surface area contributed by atoms with Crippen molar-refractivity contribution < 1.29 is 24.5 Å². The zero-order valence-corrected chi connectivity index (χ0v) is 12.6. The Morgan fingerprint density at radius 1 is 1.48 bits per heavy atom. The highest BCUT2D eigenvalue weighted by Crippen LogP contribution is 2.27. The minimum absolute atomic E-state index is 0.105. The molecule has 0 aromatic heterocycles. The number of halogens is 1. The van der Waals surface area contributed by atoms with Gasteiger partial charge in [0.25, 0.3) is 5.91 Å². The number of benzene rings is 1. The molecule has 0 saturated heterocycles. The van der Waals surface area contributed by atoms with E-state index < -0.39 is 23.6 Å². The lowest BCUT2D eigenvalue weighted by molar-refractivity contribution is -0.151. The Balaban J connectivity index is 2.84. The highest BCUT2D eigenvalue weighted by Gasteiger charge is 2.36. The number of aliphatic hydroxyl groups is 2. The first-order valence-electron chi connectivity index (χ1n) is 6.37. The molecule has 6 nitrogen and oxygen atoms in total. The maximum absolute atomic E-state index is 12.2. The minimum atomic E-state index is -1.79. The van der Waals surface area contributed by atoms with Gasteiger partial charge in [-0.3, -0.25) is 4.79 Å². The number of aliphatic hydroxyl groups excluding tert-OH is 1. The summed E-state index contributed by atoms with van der Waals surface area (Å²) in [5, 5.41) is 22.7. The lowest BCUT2D eigenvalue weighted by Gasteiger charge is -2.26. The Hall–Kier alpha value is -1.63. The van der Waals surface area contributed by atoms with Gasteiger partial charge in [-0.15, -0.1) is 0 Å². The summed E-state index contributed by atoms with van der Waals surface area (Å²) in [6.07, 6.45) is -1.38. The van der Waals surface area contributed by atoms with Crippen molar-refractivity contribution in [2.45, 2.75) is 25.0 Å². The minimum Gasteiger partial charge on any atom is -0.467 e. The predicted octanol–water partition coefficient (Wildman–Crippen LogP) is 0.588. The molecule has 0 aliphatic carbocycles. The van der Waals surface area contributed by atoms with E-state index in [0.29, 0.717) is 10.6 Å². The van der Waals surface area contributed by atoms with E-state index in [2.05, 4.69) is 10.1 Å². The third kappa shape index (κ3) is 4.17. The van der Waals surface area contributed by atoms with Crippen LogP contribution in [0.5, 0.6) is 0 Å². The van der Waals surface area contributed by atoms with Crippen molar-refractivity contribution >= 4 is 23.5 Å². The summed E-state index contributed by atoms with van der Waals surface area (Å²) < 4.78 is 4.34.